The van der Waals surface area contributed by atoms with Gasteiger partial charge in [0.1, 0.15) is 11.5 Å². The van der Waals surface area contributed by atoms with Gasteiger partial charge in [0.25, 0.3) is 0 Å². The number of carboxylic acids is 1. The van der Waals surface area contributed by atoms with Gasteiger partial charge in [-0.2, -0.15) is 0 Å². The minimum absolute atomic E-state index is 0.217. The number of hydrogen-bond donors (Lipinski definition) is 1. The van der Waals surface area contributed by atoms with Gasteiger partial charge in [-0.25, -0.2) is 4.79 Å². The number of carboxylic acid groups (broad SMARTS) is 1. The van der Waals surface area contributed by atoms with Crippen molar-refractivity contribution in [2.75, 3.05) is 14.2 Å². The van der Waals surface area contributed by atoms with Crippen LogP contribution in [0.5, 0.6) is 11.5 Å². The molecule has 4 nitrogen and oxygen atoms in total. The third kappa shape index (κ3) is 3.72. The van der Waals surface area contributed by atoms with Crippen LogP contribution in [0.1, 0.15) is 22.3 Å². The fourth-order valence-electron chi connectivity index (χ4n) is 2.48. The van der Waals surface area contributed by atoms with E-state index in [1.54, 1.807) is 38.5 Å². The standard InChI is InChI=1S/C19H20O4/c1-12-5-7-16(13(2)9-12)17(19(20)21)11-14-10-15(22-3)6-8-18(14)23-4/h5-11H,1-4H3,(H,20,21)/b17-11-. The Morgan fingerprint density at radius 2 is 1.78 bits per heavy atom. The molecule has 0 amide bonds. The van der Waals surface area contributed by atoms with E-state index < -0.39 is 5.97 Å². The summed E-state index contributed by atoms with van der Waals surface area (Å²) in [7, 11) is 3.12. The molecule has 120 valence electrons. The van der Waals surface area contributed by atoms with Crippen LogP contribution in [0, 0.1) is 13.8 Å². The van der Waals surface area contributed by atoms with E-state index in [9.17, 15) is 9.90 Å². The third-order valence-corrected chi connectivity index (χ3v) is 3.64. The van der Waals surface area contributed by atoms with E-state index in [-0.39, 0.29) is 5.57 Å². The van der Waals surface area contributed by atoms with Gasteiger partial charge >= 0.3 is 5.97 Å². The fourth-order valence-corrected chi connectivity index (χ4v) is 2.48. The smallest absolute Gasteiger partial charge is 0.336 e. The third-order valence-electron chi connectivity index (χ3n) is 3.64. The molecule has 2 aromatic rings. The summed E-state index contributed by atoms with van der Waals surface area (Å²) in [6, 6.07) is 11.0. The Morgan fingerprint density at radius 3 is 2.35 bits per heavy atom. The Morgan fingerprint density at radius 1 is 1.04 bits per heavy atom. The molecule has 4 heteroatoms. The highest BCUT2D eigenvalue weighted by Gasteiger charge is 2.15. The molecule has 0 spiro atoms. The van der Waals surface area contributed by atoms with Crippen molar-refractivity contribution in [1.29, 1.82) is 0 Å². The highest BCUT2D eigenvalue weighted by atomic mass is 16.5. The maximum atomic E-state index is 11.8. The lowest BCUT2D eigenvalue weighted by Gasteiger charge is -2.11. The van der Waals surface area contributed by atoms with Crippen molar-refractivity contribution in [3.05, 3.63) is 58.7 Å². The highest BCUT2D eigenvalue weighted by molar-refractivity contribution is 6.21. The van der Waals surface area contributed by atoms with Crippen LogP contribution in [-0.4, -0.2) is 25.3 Å². The van der Waals surface area contributed by atoms with Gasteiger partial charge in [-0.3, -0.25) is 0 Å². The number of methoxy groups -OCH3 is 2. The lowest BCUT2D eigenvalue weighted by atomic mass is 9.96. The number of hydrogen-bond acceptors (Lipinski definition) is 3. The normalized spacial score (nSPS) is 11.2. The summed E-state index contributed by atoms with van der Waals surface area (Å²) < 4.78 is 10.5. The summed E-state index contributed by atoms with van der Waals surface area (Å²) in [5, 5.41) is 9.63. The molecule has 0 bridgehead atoms. The van der Waals surface area contributed by atoms with E-state index in [0.717, 1.165) is 11.1 Å². The largest absolute Gasteiger partial charge is 0.497 e. The van der Waals surface area contributed by atoms with E-state index >= 15 is 0 Å². The van der Waals surface area contributed by atoms with Crippen molar-refractivity contribution >= 4 is 17.6 Å². The molecular weight excluding hydrogens is 292 g/mol. The van der Waals surface area contributed by atoms with E-state index in [4.69, 9.17) is 9.47 Å². The monoisotopic (exact) mass is 312 g/mol. The topological polar surface area (TPSA) is 55.8 Å². The van der Waals surface area contributed by atoms with Gasteiger partial charge in [0.2, 0.25) is 0 Å². The summed E-state index contributed by atoms with van der Waals surface area (Å²) in [6.45, 7) is 3.88. The molecule has 0 aliphatic carbocycles. The van der Waals surface area contributed by atoms with Crippen LogP contribution in [-0.2, 0) is 4.79 Å². The van der Waals surface area contributed by atoms with Crippen molar-refractivity contribution in [2.45, 2.75) is 13.8 Å². The number of aliphatic carboxylic acids is 1. The molecule has 0 unspecified atom stereocenters. The molecule has 0 aromatic heterocycles. The summed E-state index contributed by atoms with van der Waals surface area (Å²) in [4.78, 5) is 11.8. The second-order valence-corrected chi connectivity index (χ2v) is 5.29. The SMILES string of the molecule is COc1ccc(OC)c(/C=C(\C(=O)O)c2ccc(C)cc2C)c1. The molecule has 0 saturated heterocycles. The molecule has 1 N–H and O–H groups in total. The minimum atomic E-state index is -0.984. The van der Waals surface area contributed by atoms with Crippen LogP contribution in [0.15, 0.2) is 36.4 Å². The maximum absolute atomic E-state index is 11.8. The number of carbonyl (C=O) groups is 1. The van der Waals surface area contributed by atoms with Gasteiger partial charge in [-0.05, 0) is 49.2 Å². The quantitative estimate of drug-likeness (QED) is 0.671. The number of ether oxygens (including phenoxy) is 2. The minimum Gasteiger partial charge on any atom is -0.497 e. The van der Waals surface area contributed by atoms with E-state index in [2.05, 4.69) is 0 Å². The average molecular weight is 312 g/mol. The molecule has 2 rings (SSSR count). The first-order valence-electron chi connectivity index (χ1n) is 7.21. The highest BCUT2D eigenvalue weighted by Crippen LogP contribution is 2.29. The summed E-state index contributed by atoms with van der Waals surface area (Å²) in [6.07, 6.45) is 1.61. The summed E-state index contributed by atoms with van der Waals surface area (Å²) in [5.41, 5.74) is 3.57. The molecule has 0 fully saturated rings. The van der Waals surface area contributed by atoms with E-state index in [1.165, 1.54) is 0 Å². The van der Waals surface area contributed by atoms with Crippen LogP contribution in [0.2, 0.25) is 0 Å². The molecule has 0 aliphatic rings. The molecule has 0 atom stereocenters. The van der Waals surface area contributed by atoms with Crippen LogP contribution >= 0.6 is 0 Å². The second-order valence-electron chi connectivity index (χ2n) is 5.29. The van der Waals surface area contributed by atoms with Gasteiger partial charge in [0.05, 0.1) is 19.8 Å². The van der Waals surface area contributed by atoms with Crippen molar-refractivity contribution in [2.24, 2.45) is 0 Å². The molecular formula is C19H20O4. The number of aryl methyl sites for hydroxylation is 2. The molecule has 2 aromatic carbocycles. The van der Waals surface area contributed by atoms with Crippen LogP contribution in [0.4, 0.5) is 0 Å². The van der Waals surface area contributed by atoms with E-state index in [1.807, 2.05) is 32.0 Å². The molecule has 0 radical (unpaired) electrons. The first kappa shape index (κ1) is 16.6. The summed E-state index contributed by atoms with van der Waals surface area (Å²) >= 11 is 0. The first-order chi connectivity index (χ1) is 11.0. The van der Waals surface area contributed by atoms with Gasteiger partial charge < -0.3 is 14.6 Å². The zero-order valence-electron chi connectivity index (χ0n) is 13.7. The molecule has 0 heterocycles. The Kier molecular flexibility index (Phi) is 5.06. The van der Waals surface area contributed by atoms with Gasteiger partial charge in [0, 0.05) is 5.56 Å². The molecule has 0 saturated carbocycles. The van der Waals surface area contributed by atoms with Gasteiger partial charge in [-0.1, -0.05) is 23.8 Å². The Hall–Kier alpha value is -2.75. The van der Waals surface area contributed by atoms with Crippen LogP contribution in [0.3, 0.4) is 0 Å². The molecule has 0 aliphatic heterocycles. The number of benzene rings is 2. The van der Waals surface area contributed by atoms with Crippen LogP contribution in [0.25, 0.3) is 11.6 Å². The second kappa shape index (κ2) is 7.01. The van der Waals surface area contributed by atoms with Crippen LogP contribution < -0.4 is 9.47 Å². The van der Waals surface area contributed by atoms with Gasteiger partial charge in [-0.15, -0.1) is 0 Å². The van der Waals surface area contributed by atoms with Crippen molar-refractivity contribution in [1.82, 2.24) is 0 Å². The Labute approximate surface area is 136 Å². The van der Waals surface area contributed by atoms with Crippen molar-refractivity contribution in [3.63, 3.8) is 0 Å². The average Bonchev–Trinajstić information content (AvgIpc) is 2.52. The Balaban J connectivity index is 2.62. The lowest BCUT2D eigenvalue weighted by molar-refractivity contribution is -0.130. The van der Waals surface area contributed by atoms with Gasteiger partial charge in [0.15, 0.2) is 0 Å². The fraction of sp³-hybridized carbons (Fsp3) is 0.211. The summed E-state index contributed by atoms with van der Waals surface area (Å²) in [5.74, 6) is 0.249. The zero-order chi connectivity index (χ0) is 17.0. The van der Waals surface area contributed by atoms with Crippen molar-refractivity contribution in [3.8, 4) is 11.5 Å². The number of rotatable bonds is 5. The predicted molar refractivity (Wildman–Crippen MR) is 91.0 cm³/mol. The Bertz CT molecular complexity index is 760. The molecule has 23 heavy (non-hydrogen) atoms. The maximum Gasteiger partial charge on any atom is 0.336 e. The zero-order valence-corrected chi connectivity index (χ0v) is 13.7. The van der Waals surface area contributed by atoms with Crippen molar-refractivity contribution < 1.29 is 19.4 Å². The lowest BCUT2D eigenvalue weighted by Crippen LogP contribution is -2.02. The first-order valence-corrected chi connectivity index (χ1v) is 7.21. The van der Waals surface area contributed by atoms with E-state index in [0.29, 0.717) is 22.6 Å². The predicted octanol–water partition coefficient (Wildman–Crippen LogP) is 3.95.